The summed E-state index contributed by atoms with van der Waals surface area (Å²) in [5, 5.41) is 13.6. The number of hydrogen-bond donors (Lipinski definition) is 2. The number of fused-ring (bicyclic) bond motifs is 1. The molecular formula is C26H33ClF2N6O3. The zero-order valence-electron chi connectivity index (χ0n) is 21.9. The number of benzene rings is 1. The number of carbonyl (C=O) groups excluding carboxylic acids is 1. The summed E-state index contributed by atoms with van der Waals surface area (Å²) in [7, 11) is 0. The maximum absolute atomic E-state index is 14.3. The number of halogens is 3. The minimum absolute atomic E-state index is 0.117. The molecule has 1 fully saturated rings. The molecule has 3 heterocycles. The molecule has 0 spiro atoms. The molecule has 9 nitrogen and oxygen atoms in total. The lowest BCUT2D eigenvalue weighted by molar-refractivity contribution is -0.108. The van der Waals surface area contributed by atoms with Crippen LogP contribution in [0.2, 0.25) is 5.02 Å². The van der Waals surface area contributed by atoms with Crippen molar-refractivity contribution in [2.45, 2.75) is 65.1 Å². The van der Waals surface area contributed by atoms with Gasteiger partial charge in [0, 0.05) is 50.1 Å². The van der Waals surface area contributed by atoms with Crippen LogP contribution in [0.15, 0.2) is 29.2 Å². The number of anilines is 3. The second kappa shape index (κ2) is 10.6. The fraction of sp³-hybridized carbons (Fsp3) is 0.538. The third kappa shape index (κ3) is 5.68. The normalized spacial score (nSPS) is 19.6. The van der Waals surface area contributed by atoms with Crippen molar-refractivity contribution >= 4 is 46.4 Å². The Morgan fingerprint density at radius 1 is 1.18 bits per heavy atom. The van der Waals surface area contributed by atoms with Gasteiger partial charge in [0.25, 0.3) is 5.92 Å². The molecule has 1 aliphatic heterocycles. The Balaban J connectivity index is 1.67. The van der Waals surface area contributed by atoms with E-state index in [1.54, 1.807) is 46.1 Å². The molecule has 206 valence electrons. The molecule has 1 aliphatic rings. The topological polar surface area (TPSA) is 105 Å². The number of carbonyl (C=O) groups is 1. The lowest BCUT2D eigenvalue weighted by Crippen LogP contribution is -2.52. The standard InChI is InChI=1S/C26H33ClF2N6O3/c1-16-14-33(15-17(2)26(16,28)29)23-30-13-19(27)22(32-23)31-18-6-7-20-21(12-18)35(10-8-25(3,4)38)24(37)34(20)9-5-11-36/h6-7,11-13,16-17,38H,5,8-10,14-15H2,1-4H3,(H,30,31,32)/t16-,17+. The zero-order valence-corrected chi connectivity index (χ0v) is 22.7. The molecule has 0 saturated carbocycles. The summed E-state index contributed by atoms with van der Waals surface area (Å²) in [4.78, 5) is 34.6. The highest BCUT2D eigenvalue weighted by atomic mass is 35.5. The number of imidazole rings is 1. The summed E-state index contributed by atoms with van der Waals surface area (Å²) in [6, 6.07) is 5.32. The van der Waals surface area contributed by atoms with E-state index in [9.17, 15) is 23.5 Å². The number of aldehydes is 1. The van der Waals surface area contributed by atoms with E-state index in [2.05, 4.69) is 15.3 Å². The van der Waals surface area contributed by atoms with Crippen LogP contribution >= 0.6 is 11.6 Å². The van der Waals surface area contributed by atoms with E-state index in [4.69, 9.17) is 11.6 Å². The van der Waals surface area contributed by atoms with Crippen molar-refractivity contribution in [1.29, 1.82) is 0 Å². The molecule has 0 aliphatic carbocycles. The highest BCUT2D eigenvalue weighted by Gasteiger charge is 2.47. The molecule has 1 saturated heterocycles. The Kier molecular flexibility index (Phi) is 7.81. The van der Waals surface area contributed by atoms with Crippen molar-refractivity contribution in [3.63, 3.8) is 0 Å². The second-order valence-electron chi connectivity index (χ2n) is 10.7. The average molecular weight is 551 g/mol. The first kappa shape index (κ1) is 28.0. The Bertz CT molecular complexity index is 1370. The van der Waals surface area contributed by atoms with Gasteiger partial charge < -0.3 is 20.1 Å². The van der Waals surface area contributed by atoms with E-state index in [0.717, 1.165) is 6.29 Å². The van der Waals surface area contributed by atoms with Crippen LogP contribution in [0.3, 0.4) is 0 Å². The van der Waals surface area contributed by atoms with E-state index in [1.807, 2.05) is 0 Å². The summed E-state index contributed by atoms with van der Waals surface area (Å²) in [6.07, 6.45) is 2.75. The third-order valence-corrected chi connectivity index (χ3v) is 7.29. The summed E-state index contributed by atoms with van der Waals surface area (Å²) in [5.74, 6) is -3.86. The molecule has 12 heteroatoms. The maximum atomic E-state index is 14.3. The van der Waals surface area contributed by atoms with Crippen molar-refractivity contribution in [2.24, 2.45) is 11.8 Å². The van der Waals surface area contributed by atoms with E-state index >= 15 is 0 Å². The highest BCUT2D eigenvalue weighted by molar-refractivity contribution is 6.32. The van der Waals surface area contributed by atoms with Crippen LogP contribution in [0.1, 0.15) is 40.5 Å². The second-order valence-corrected chi connectivity index (χ2v) is 11.1. The minimum atomic E-state index is -2.76. The van der Waals surface area contributed by atoms with Crippen LogP contribution in [-0.2, 0) is 17.9 Å². The van der Waals surface area contributed by atoms with Crippen LogP contribution < -0.4 is 15.9 Å². The van der Waals surface area contributed by atoms with Gasteiger partial charge in [0.2, 0.25) is 5.95 Å². The number of nitrogens with zero attached hydrogens (tertiary/aromatic N) is 5. The fourth-order valence-corrected chi connectivity index (χ4v) is 4.90. The Morgan fingerprint density at radius 2 is 1.84 bits per heavy atom. The summed E-state index contributed by atoms with van der Waals surface area (Å²) in [5.41, 5.74) is 0.646. The van der Waals surface area contributed by atoms with Crippen LogP contribution in [0.25, 0.3) is 11.0 Å². The van der Waals surface area contributed by atoms with Gasteiger partial charge in [0.05, 0.1) is 22.8 Å². The van der Waals surface area contributed by atoms with Crippen molar-refractivity contribution in [2.75, 3.05) is 23.3 Å². The van der Waals surface area contributed by atoms with Crippen LogP contribution in [0.4, 0.5) is 26.2 Å². The molecule has 2 N–H and O–H groups in total. The summed E-state index contributed by atoms with van der Waals surface area (Å²) < 4.78 is 31.8. The van der Waals surface area contributed by atoms with Gasteiger partial charge in [-0.05, 0) is 38.5 Å². The third-order valence-electron chi connectivity index (χ3n) is 7.02. The van der Waals surface area contributed by atoms with Crippen LogP contribution in [0, 0.1) is 11.8 Å². The Morgan fingerprint density at radius 3 is 2.47 bits per heavy atom. The number of alkyl halides is 2. The number of aryl methyl sites for hydroxylation is 2. The van der Waals surface area contributed by atoms with Gasteiger partial charge in [-0.3, -0.25) is 9.13 Å². The molecule has 2 atom stereocenters. The minimum Gasteiger partial charge on any atom is -0.390 e. The van der Waals surface area contributed by atoms with E-state index in [1.165, 1.54) is 20.0 Å². The van der Waals surface area contributed by atoms with Gasteiger partial charge in [-0.25, -0.2) is 18.6 Å². The molecule has 4 rings (SSSR count). The first-order valence-corrected chi connectivity index (χ1v) is 13.0. The monoisotopic (exact) mass is 550 g/mol. The molecule has 1 aromatic carbocycles. The first-order chi connectivity index (χ1) is 17.8. The lowest BCUT2D eigenvalue weighted by atomic mass is 9.87. The molecule has 0 amide bonds. The number of hydrogen-bond acceptors (Lipinski definition) is 7. The maximum Gasteiger partial charge on any atom is 0.329 e. The van der Waals surface area contributed by atoms with E-state index in [0.29, 0.717) is 34.9 Å². The number of aromatic nitrogens is 4. The molecular weight excluding hydrogens is 518 g/mol. The zero-order chi connectivity index (χ0) is 27.8. The predicted molar refractivity (Wildman–Crippen MR) is 144 cm³/mol. The smallest absolute Gasteiger partial charge is 0.329 e. The number of nitrogens with one attached hydrogen (secondary N) is 1. The van der Waals surface area contributed by atoms with Crippen molar-refractivity contribution < 1.29 is 18.7 Å². The van der Waals surface area contributed by atoms with Crippen LogP contribution in [0.5, 0.6) is 0 Å². The van der Waals surface area contributed by atoms with Crippen LogP contribution in [-0.4, -0.2) is 55.1 Å². The van der Waals surface area contributed by atoms with E-state index in [-0.39, 0.29) is 43.3 Å². The number of piperidine rings is 1. The quantitative estimate of drug-likeness (QED) is 0.379. The highest BCUT2D eigenvalue weighted by Crippen LogP contribution is 2.39. The molecule has 0 bridgehead atoms. The predicted octanol–water partition coefficient (Wildman–Crippen LogP) is 4.47. The summed E-state index contributed by atoms with van der Waals surface area (Å²) in [6.45, 7) is 7.15. The molecule has 3 aromatic rings. The van der Waals surface area contributed by atoms with Gasteiger partial charge in [0.15, 0.2) is 5.82 Å². The molecule has 0 unspecified atom stereocenters. The van der Waals surface area contributed by atoms with Gasteiger partial charge >= 0.3 is 5.69 Å². The van der Waals surface area contributed by atoms with Gasteiger partial charge in [0.1, 0.15) is 11.3 Å². The summed E-state index contributed by atoms with van der Waals surface area (Å²) >= 11 is 6.38. The van der Waals surface area contributed by atoms with Crippen molar-refractivity contribution in [1.82, 2.24) is 19.1 Å². The lowest BCUT2D eigenvalue weighted by Gasteiger charge is -2.41. The first-order valence-electron chi connectivity index (χ1n) is 12.6. The number of rotatable bonds is 9. The van der Waals surface area contributed by atoms with Crippen molar-refractivity contribution in [3.8, 4) is 0 Å². The number of aliphatic hydroxyl groups is 1. The Hall–Kier alpha value is -3.05. The van der Waals surface area contributed by atoms with Gasteiger partial charge in [-0.1, -0.05) is 25.4 Å². The molecule has 2 aromatic heterocycles. The SMILES string of the molecule is C[C@@H]1CN(c2ncc(Cl)c(Nc3ccc4c(c3)n(CCC(C)(C)O)c(=O)n4CCC=O)n2)C[C@H](C)C1(F)F. The van der Waals surface area contributed by atoms with Gasteiger partial charge in [-0.15, -0.1) is 0 Å². The average Bonchev–Trinajstić information content (AvgIpc) is 3.10. The molecule has 0 radical (unpaired) electrons. The largest absolute Gasteiger partial charge is 0.390 e. The van der Waals surface area contributed by atoms with Gasteiger partial charge in [-0.2, -0.15) is 4.98 Å². The van der Waals surface area contributed by atoms with E-state index < -0.39 is 23.4 Å². The Labute approximate surface area is 224 Å². The fourth-order valence-electron chi connectivity index (χ4n) is 4.76. The van der Waals surface area contributed by atoms with Crippen molar-refractivity contribution in [3.05, 3.63) is 39.9 Å². The molecule has 38 heavy (non-hydrogen) atoms.